The smallest absolute Gasteiger partial charge is 0.144 e. The first-order valence-electron chi connectivity index (χ1n) is 6.18. The fourth-order valence-electron chi connectivity index (χ4n) is 1.45. The van der Waals surface area contributed by atoms with Crippen LogP contribution in [0.2, 0.25) is 0 Å². The Balaban J connectivity index is 2.88. The van der Waals surface area contributed by atoms with E-state index in [0.29, 0.717) is 5.69 Å². The van der Waals surface area contributed by atoms with Gasteiger partial charge in [-0.05, 0) is 46.2 Å². The maximum atomic E-state index is 5.88. The number of benzene rings is 1. The number of nitrogens with two attached hydrogens (primary N) is 1. The molecule has 0 spiro atoms. The van der Waals surface area contributed by atoms with Crippen LogP contribution in [0.5, 0.6) is 5.75 Å². The van der Waals surface area contributed by atoms with Gasteiger partial charge in [-0.15, -0.1) is 0 Å². The lowest BCUT2D eigenvalue weighted by Gasteiger charge is -2.26. The molecule has 0 radical (unpaired) electrons. The number of hydrogen-bond acceptors (Lipinski definition) is 3. The fourth-order valence-corrected chi connectivity index (χ4v) is 1.45. The highest BCUT2D eigenvalue weighted by molar-refractivity contribution is 5.62. The molecule has 0 atom stereocenters. The zero-order valence-corrected chi connectivity index (χ0v) is 11.5. The summed E-state index contributed by atoms with van der Waals surface area (Å²) in [6, 6.07) is 5.83. The van der Waals surface area contributed by atoms with Crippen LogP contribution in [0.3, 0.4) is 0 Å². The third kappa shape index (κ3) is 4.17. The molecule has 0 amide bonds. The second-order valence-electron chi connectivity index (χ2n) is 5.28. The molecule has 0 aromatic heterocycles. The third-order valence-electron chi connectivity index (χ3n) is 2.74. The predicted molar refractivity (Wildman–Crippen MR) is 74.6 cm³/mol. The lowest BCUT2D eigenvalue weighted by molar-refractivity contribution is 0.244. The van der Waals surface area contributed by atoms with Crippen molar-refractivity contribution in [3.8, 4) is 5.75 Å². The number of anilines is 2. The molecule has 0 heterocycles. The number of rotatable bonds is 5. The van der Waals surface area contributed by atoms with Gasteiger partial charge < -0.3 is 15.8 Å². The van der Waals surface area contributed by atoms with Crippen LogP contribution in [0.25, 0.3) is 0 Å². The number of nitrogens with one attached hydrogen (secondary N) is 1. The minimum absolute atomic E-state index is 0.0746. The van der Waals surface area contributed by atoms with Crippen molar-refractivity contribution in [2.45, 2.75) is 52.7 Å². The molecule has 0 bridgehead atoms. The zero-order chi connectivity index (χ0) is 13.1. The average molecular weight is 236 g/mol. The second-order valence-corrected chi connectivity index (χ2v) is 5.28. The first-order chi connectivity index (χ1) is 7.84. The number of hydrogen-bond donors (Lipinski definition) is 2. The van der Waals surface area contributed by atoms with Crippen molar-refractivity contribution in [2.24, 2.45) is 0 Å². The van der Waals surface area contributed by atoms with Crippen molar-refractivity contribution >= 4 is 11.4 Å². The van der Waals surface area contributed by atoms with Crippen LogP contribution >= 0.6 is 0 Å². The van der Waals surface area contributed by atoms with E-state index in [4.69, 9.17) is 10.5 Å². The summed E-state index contributed by atoms with van der Waals surface area (Å²) in [6.07, 6.45) is 1.18. The van der Waals surface area contributed by atoms with Gasteiger partial charge in [-0.1, -0.05) is 6.92 Å². The predicted octanol–water partition coefficient (Wildman–Crippen LogP) is 3.66. The van der Waals surface area contributed by atoms with E-state index in [2.05, 4.69) is 26.1 Å². The van der Waals surface area contributed by atoms with E-state index in [1.165, 1.54) is 0 Å². The molecule has 1 aromatic rings. The van der Waals surface area contributed by atoms with E-state index in [1.807, 2.05) is 32.0 Å². The van der Waals surface area contributed by atoms with Crippen LogP contribution in [0.4, 0.5) is 11.4 Å². The number of nitrogen functional groups attached to an aromatic ring is 1. The molecule has 0 aliphatic heterocycles. The SMILES string of the molecule is CCC(C)(C)Nc1ccc(N)c(OC(C)C)c1. The molecule has 17 heavy (non-hydrogen) atoms. The van der Waals surface area contributed by atoms with Crippen molar-refractivity contribution < 1.29 is 4.74 Å². The molecule has 3 N–H and O–H groups in total. The minimum Gasteiger partial charge on any atom is -0.489 e. The molecule has 3 nitrogen and oxygen atoms in total. The lowest BCUT2D eigenvalue weighted by atomic mass is 10.0. The summed E-state index contributed by atoms with van der Waals surface area (Å²) in [4.78, 5) is 0. The maximum Gasteiger partial charge on any atom is 0.144 e. The Morgan fingerprint density at radius 1 is 1.35 bits per heavy atom. The molecule has 1 rings (SSSR count). The summed E-state index contributed by atoms with van der Waals surface area (Å²) >= 11 is 0. The van der Waals surface area contributed by atoms with E-state index >= 15 is 0 Å². The summed E-state index contributed by atoms with van der Waals surface area (Å²) in [5, 5.41) is 3.47. The molecule has 3 heteroatoms. The van der Waals surface area contributed by atoms with Crippen molar-refractivity contribution in [1.82, 2.24) is 0 Å². The van der Waals surface area contributed by atoms with E-state index in [0.717, 1.165) is 17.9 Å². The molecule has 0 aliphatic carbocycles. The molecule has 0 fully saturated rings. The zero-order valence-electron chi connectivity index (χ0n) is 11.5. The van der Waals surface area contributed by atoms with Crippen LogP contribution in [0.1, 0.15) is 41.0 Å². The van der Waals surface area contributed by atoms with Gasteiger partial charge in [0.05, 0.1) is 11.8 Å². The molecule has 96 valence electrons. The Kier molecular flexibility index (Phi) is 4.27. The van der Waals surface area contributed by atoms with Gasteiger partial charge in [0, 0.05) is 17.3 Å². The summed E-state index contributed by atoms with van der Waals surface area (Å²) in [5.41, 5.74) is 7.68. The Hall–Kier alpha value is -1.38. The molecular formula is C14H24N2O. The monoisotopic (exact) mass is 236 g/mol. The third-order valence-corrected chi connectivity index (χ3v) is 2.74. The van der Waals surface area contributed by atoms with Crippen molar-refractivity contribution in [3.05, 3.63) is 18.2 Å². The largest absolute Gasteiger partial charge is 0.489 e. The quantitative estimate of drug-likeness (QED) is 0.767. The van der Waals surface area contributed by atoms with Gasteiger partial charge in [-0.2, -0.15) is 0 Å². The molecule has 0 saturated carbocycles. The highest BCUT2D eigenvalue weighted by atomic mass is 16.5. The van der Waals surface area contributed by atoms with Crippen LogP contribution in [-0.4, -0.2) is 11.6 Å². The lowest BCUT2D eigenvalue weighted by Crippen LogP contribution is -2.29. The topological polar surface area (TPSA) is 47.3 Å². The summed E-state index contributed by atoms with van der Waals surface area (Å²) < 4.78 is 5.67. The van der Waals surface area contributed by atoms with Gasteiger partial charge >= 0.3 is 0 Å². The summed E-state index contributed by atoms with van der Waals surface area (Å²) in [5.74, 6) is 0.747. The van der Waals surface area contributed by atoms with Crippen LogP contribution < -0.4 is 15.8 Å². The minimum atomic E-state index is 0.0746. The average Bonchev–Trinajstić information content (AvgIpc) is 2.22. The van der Waals surface area contributed by atoms with Gasteiger partial charge in [-0.25, -0.2) is 0 Å². The second kappa shape index (κ2) is 5.30. The first-order valence-corrected chi connectivity index (χ1v) is 6.18. The molecule has 0 saturated heterocycles. The van der Waals surface area contributed by atoms with Gasteiger partial charge in [0.1, 0.15) is 5.75 Å². The Morgan fingerprint density at radius 2 is 2.00 bits per heavy atom. The van der Waals surface area contributed by atoms with Crippen LogP contribution in [0.15, 0.2) is 18.2 Å². The molecular weight excluding hydrogens is 212 g/mol. The Labute approximate surface area is 104 Å². The standard InChI is InChI=1S/C14H24N2O/c1-6-14(4,5)16-11-7-8-12(15)13(9-11)17-10(2)3/h7-10,16H,6,15H2,1-5H3. The number of ether oxygens (including phenoxy) is 1. The van der Waals surface area contributed by atoms with Gasteiger partial charge in [0.2, 0.25) is 0 Å². The van der Waals surface area contributed by atoms with E-state index < -0.39 is 0 Å². The molecule has 1 aromatic carbocycles. The van der Waals surface area contributed by atoms with E-state index in [1.54, 1.807) is 0 Å². The molecule has 0 unspecified atom stereocenters. The van der Waals surface area contributed by atoms with Gasteiger partial charge in [0.15, 0.2) is 0 Å². The van der Waals surface area contributed by atoms with Crippen molar-refractivity contribution in [1.29, 1.82) is 0 Å². The van der Waals surface area contributed by atoms with Gasteiger partial charge in [-0.3, -0.25) is 0 Å². The van der Waals surface area contributed by atoms with E-state index in [9.17, 15) is 0 Å². The Morgan fingerprint density at radius 3 is 2.53 bits per heavy atom. The van der Waals surface area contributed by atoms with Crippen LogP contribution in [0, 0.1) is 0 Å². The maximum absolute atomic E-state index is 5.88. The fraction of sp³-hybridized carbons (Fsp3) is 0.571. The highest BCUT2D eigenvalue weighted by Crippen LogP contribution is 2.28. The van der Waals surface area contributed by atoms with Gasteiger partial charge in [0.25, 0.3) is 0 Å². The summed E-state index contributed by atoms with van der Waals surface area (Å²) in [7, 11) is 0. The molecule has 0 aliphatic rings. The first kappa shape index (κ1) is 13.7. The van der Waals surface area contributed by atoms with Crippen molar-refractivity contribution in [3.63, 3.8) is 0 Å². The normalized spacial score (nSPS) is 11.6. The summed E-state index contributed by atoms with van der Waals surface area (Å²) in [6.45, 7) is 10.5. The van der Waals surface area contributed by atoms with Crippen LogP contribution in [-0.2, 0) is 0 Å². The van der Waals surface area contributed by atoms with Crippen molar-refractivity contribution in [2.75, 3.05) is 11.1 Å². The Bertz CT molecular complexity index is 372. The highest BCUT2D eigenvalue weighted by Gasteiger charge is 2.15. The van der Waals surface area contributed by atoms with E-state index in [-0.39, 0.29) is 11.6 Å².